The van der Waals surface area contributed by atoms with Crippen LogP contribution in [0.1, 0.15) is 39.2 Å². The first-order chi connectivity index (χ1) is 9.14. The van der Waals surface area contributed by atoms with Crippen molar-refractivity contribution in [3.8, 4) is 6.07 Å². The summed E-state index contributed by atoms with van der Waals surface area (Å²) in [5.41, 5.74) is 0.200. The lowest BCUT2D eigenvalue weighted by molar-refractivity contribution is 0.0831. The van der Waals surface area contributed by atoms with Gasteiger partial charge in [0.25, 0.3) is 0 Å². The number of hydrogen-bond acceptors (Lipinski definition) is 3. The molecule has 0 saturated heterocycles. The summed E-state index contributed by atoms with van der Waals surface area (Å²) < 4.78 is 5.70. The standard InChI is InChI=1S/C16H24N2O/c1-4-5-11-19-13-16(12-17,18-14(2)3)15-9-7-6-8-10-15/h6-10,14,18H,4-5,11,13H2,1-3H3. The fraction of sp³-hybridized carbons (Fsp3) is 0.562. The van der Waals surface area contributed by atoms with Crippen molar-refractivity contribution in [2.75, 3.05) is 13.2 Å². The van der Waals surface area contributed by atoms with Crippen molar-refractivity contribution in [3.05, 3.63) is 35.9 Å². The highest BCUT2D eigenvalue weighted by molar-refractivity contribution is 5.31. The van der Waals surface area contributed by atoms with Crippen molar-refractivity contribution in [2.24, 2.45) is 0 Å². The van der Waals surface area contributed by atoms with E-state index in [1.54, 1.807) is 0 Å². The SMILES string of the molecule is CCCCOCC(C#N)(NC(C)C)c1ccccc1. The van der Waals surface area contributed by atoms with Gasteiger partial charge < -0.3 is 4.74 Å². The number of benzene rings is 1. The summed E-state index contributed by atoms with van der Waals surface area (Å²) in [6, 6.07) is 12.4. The minimum absolute atomic E-state index is 0.217. The first kappa shape index (κ1) is 15.7. The van der Waals surface area contributed by atoms with Crippen LogP contribution in [0.3, 0.4) is 0 Å². The lowest BCUT2D eigenvalue weighted by Crippen LogP contribution is -2.48. The summed E-state index contributed by atoms with van der Waals surface area (Å²) in [7, 11) is 0. The maximum absolute atomic E-state index is 9.64. The number of nitrogens with zero attached hydrogens (tertiary/aromatic N) is 1. The highest BCUT2D eigenvalue weighted by Crippen LogP contribution is 2.22. The second kappa shape index (κ2) is 7.93. The van der Waals surface area contributed by atoms with Crippen molar-refractivity contribution in [1.29, 1.82) is 5.26 Å². The van der Waals surface area contributed by atoms with Gasteiger partial charge in [0, 0.05) is 12.6 Å². The van der Waals surface area contributed by atoms with Gasteiger partial charge in [-0.3, -0.25) is 5.32 Å². The molecule has 0 fully saturated rings. The molecule has 3 nitrogen and oxygen atoms in total. The third kappa shape index (κ3) is 4.66. The minimum Gasteiger partial charge on any atom is -0.378 e. The molecule has 1 rings (SSSR count). The topological polar surface area (TPSA) is 45.0 Å². The third-order valence-electron chi connectivity index (χ3n) is 2.95. The zero-order valence-corrected chi connectivity index (χ0v) is 12.1. The third-order valence-corrected chi connectivity index (χ3v) is 2.95. The van der Waals surface area contributed by atoms with Crippen LogP contribution in [0.15, 0.2) is 30.3 Å². The number of rotatable bonds is 8. The molecule has 1 aromatic rings. The Morgan fingerprint density at radius 2 is 2.00 bits per heavy atom. The fourth-order valence-corrected chi connectivity index (χ4v) is 2.02. The predicted octanol–water partition coefficient (Wildman–Crippen LogP) is 3.22. The van der Waals surface area contributed by atoms with Crippen LogP contribution in [0.5, 0.6) is 0 Å². The maximum Gasteiger partial charge on any atom is 0.156 e. The Labute approximate surface area is 116 Å². The molecule has 0 heterocycles. The van der Waals surface area contributed by atoms with E-state index in [9.17, 15) is 5.26 Å². The second-order valence-electron chi connectivity index (χ2n) is 5.09. The summed E-state index contributed by atoms with van der Waals surface area (Å²) in [4.78, 5) is 0. The van der Waals surface area contributed by atoms with E-state index in [1.165, 1.54) is 0 Å². The quantitative estimate of drug-likeness (QED) is 0.730. The molecule has 0 aromatic heterocycles. The summed E-state index contributed by atoms with van der Waals surface area (Å²) in [6.07, 6.45) is 2.13. The van der Waals surface area contributed by atoms with Crippen molar-refractivity contribution >= 4 is 0 Å². The molecule has 1 aromatic carbocycles. The van der Waals surface area contributed by atoms with Gasteiger partial charge in [0.15, 0.2) is 5.54 Å². The number of nitriles is 1. The van der Waals surface area contributed by atoms with Crippen molar-refractivity contribution in [3.63, 3.8) is 0 Å². The molecule has 0 aliphatic carbocycles. The molecule has 0 radical (unpaired) electrons. The van der Waals surface area contributed by atoms with Gasteiger partial charge in [0.05, 0.1) is 12.7 Å². The zero-order chi connectivity index (χ0) is 14.1. The molecule has 1 atom stereocenters. The monoisotopic (exact) mass is 260 g/mol. The predicted molar refractivity (Wildman–Crippen MR) is 77.7 cm³/mol. The van der Waals surface area contributed by atoms with E-state index < -0.39 is 5.54 Å². The summed E-state index contributed by atoms with van der Waals surface area (Å²) in [5, 5.41) is 13.0. The van der Waals surface area contributed by atoms with Gasteiger partial charge in [-0.15, -0.1) is 0 Å². The number of nitrogens with one attached hydrogen (secondary N) is 1. The smallest absolute Gasteiger partial charge is 0.156 e. The Bertz CT molecular complexity index is 397. The molecule has 104 valence electrons. The number of unbranched alkanes of at least 4 members (excludes halogenated alkanes) is 1. The second-order valence-corrected chi connectivity index (χ2v) is 5.09. The zero-order valence-electron chi connectivity index (χ0n) is 12.1. The van der Waals surface area contributed by atoms with Crippen LogP contribution in [0.4, 0.5) is 0 Å². The molecule has 0 aliphatic heterocycles. The Hall–Kier alpha value is -1.37. The van der Waals surface area contributed by atoms with Crippen LogP contribution in [0.25, 0.3) is 0 Å². The molecular weight excluding hydrogens is 236 g/mol. The Morgan fingerprint density at radius 3 is 2.53 bits per heavy atom. The van der Waals surface area contributed by atoms with E-state index >= 15 is 0 Å². The van der Waals surface area contributed by atoms with Gasteiger partial charge in [-0.25, -0.2) is 0 Å². The van der Waals surface area contributed by atoms with Gasteiger partial charge in [-0.05, 0) is 25.8 Å². The first-order valence-electron chi connectivity index (χ1n) is 6.97. The van der Waals surface area contributed by atoms with Crippen molar-refractivity contribution in [1.82, 2.24) is 5.32 Å². The normalized spacial score (nSPS) is 14.1. The van der Waals surface area contributed by atoms with E-state index in [-0.39, 0.29) is 6.04 Å². The van der Waals surface area contributed by atoms with E-state index in [0.717, 1.165) is 18.4 Å². The highest BCUT2D eigenvalue weighted by Gasteiger charge is 2.33. The van der Waals surface area contributed by atoms with Gasteiger partial charge in [-0.2, -0.15) is 5.26 Å². The van der Waals surface area contributed by atoms with E-state index in [2.05, 4.69) is 18.3 Å². The Kier molecular flexibility index (Phi) is 6.55. The highest BCUT2D eigenvalue weighted by atomic mass is 16.5. The molecule has 0 spiro atoms. The van der Waals surface area contributed by atoms with Crippen LogP contribution in [-0.4, -0.2) is 19.3 Å². The van der Waals surface area contributed by atoms with Crippen LogP contribution in [0.2, 0.25) is 0 Å². The van der Waals surface area contributed by atoms with Gasteiger partial charge in [-0.1, -0.05) is 43.7 Å². The molecule has 0 aliphatic rings. The fourth-order valence-electron chi connectivity index (χ4n) is 2.02. The number of hydrogen-bond donors (Lipinski definition) is 1. The van der Waals surface area contributed by atoms with Crippen molar-refractivity contribution in [2.45, 2.75) is 45.2 Å². The van der Waals surface area contributed by atoms with Crippen LogP contribution >= 0.6 is 0 Å². The molecule has 0 saturated carbocycles. The summed E-state index contributed by atoms with van der Waals surface area (Å²) in [6.45, 7) is 7.30. The van der Waals surface area contributed by atoms with Gasteiger partial charge in [0.2, 0.25) is 0 Å². The largest absolute Gasteiger partial charge is 0.378 e. The van der Waals surface area contributed by atoms with E-state index in [1.807, 2.05) is 44.2 Å². The van der Waals surface area contributed by atoms with Gasteiger partial charge >= 0.3 is 0 Å². The lowest BCUT2D eigenvalue weighted by Gasteiger charge is -2.30. The molecule has 0 amide bonds. The molecule has 1 unspecified atom stereocenters. The number of ether oxygens (including phenoxy) is 1. The lowest BCUT2D eigenvalue weighted by atomic mass is 9.91. The summed E-state index contributed by atoms with van der Waals surface area (Å²) >= 11 is 0. The average Bonchev–Trinajstić information content (AvgIpc) is 2.43. The Morgan fingerprint density at radius 1 is 1.32 bits per heavy atom. The van der Waals surface area contributed by atoms with E-state index in [4.69, 9.17) is 4.74 Å². The summed E-state index contributed by atoms with van der Waals surface area (Å²) in [5.74, 6) is 0. The van der Waals surface area contributed by atoms with Crippen LogP contribution < -0.4 is 5.32 Å². The Balaban J connectivity index is 2.86. The first-order valence-corrected chi connectivity index (χ1v) is 6.97. The molecule has 3 heteroatoms. The van der Waals surface area contributed by atoms with Crippen LogP contribution in [-0.2, 0) is 10.3 Å². The molecule has 19 heavy (non-hydrogen) atoms. The molecule has 0 bridgehead atoms. The van der Waals surface area contributed by atoms with Crippen molar-refractivity contribution < 1.29 is 4.74 Å². The molecular formula is C16H24N2O. The minimum atomic E-state index is -0.761. The molecule has 1 N–H and O–H groups in total. The maximum atomic E-state index is 9.64. The average molecular weight is 260 g/mol. The van der Waals surface area contributed by atoms with Crippen LogP contribution in [0, 0.1) is 11.3 Å². The van der Waals surface area contributed by atoms with Gasteiger partial charge in [0.1, 0.15) is 0 Å². The van der Waals surface area contributed by atoms with E-state index in [0.29, 0.717) is 13.2 Å².